The van der Waals surface area contributed by atoms with Crippen LogP contribution in [0.15, 0.2) is 83.9 Å². The molecule has 0 amide bonds. The van der Waals surface area contributed by atoms with E-state index in [1.807, 2.05) is 66.7 Å². The maximum atomic E-state index is 14.4. The van der Waals surface area contributed by atoms with Gasteiger partial charge in [-0.15, -0.1) is 0 Å². The standard InChI is InChI=1S/C24H21FINO2/c1-2-29-24(28)22(15-19-13-14-20(26)16-21(19)25)27-23(17-9-5-3-6-10-17)18-11-7-4-8-12-18/h3-14,16,22H,2,15H2,1H3. The van der Waals surface area contributed by atoms with E-state index >= 15 is 0 Å². The smallest absolute Gasteiger partial charge is 0.331 e. The van der Waals surface area contributed by atoms with Gasteiger partial charge in [-0.1, -0.05) is 66.7 Å². The van der Waals surface area contributed by atoms with E-state index in [4.69, 9.17) is 9.73 Å². The first kappa shape index (κ1) is 21.2. The molecule has 0 aliphatic carbocycles. The molecule has 0 radical (unpaired) electrons. The molecule has 5 heteroatoms. The lowest BCUT2D eigenvalue weighted by atomic mass is 10.0. The van der Waals surface area contributed by atoms with E-state index in [9.17, 15) is 9.18 Å². The van der Waals surface area contributed by atoms with Crippen LogP contribution >= 0.6 is 22.6 Å². The van der Waals surface area contributed by atoms with Gasteiger partial charge in [0.25, 0.3) is 0 Å². The summed E-state index contributed by atoms with van der Waals surface area (Å²) in [4.78, 5) is 17.4. The van der Waals surface area contributed by atoms with Crippen LogP contribution < -0.4 is 0 Å². The Balaban J connectivity index is 2.06. The molecule has 0 saturated heterocycles. The van der Waals surface area contributed by atoms with E-state index in [1.165, 1.54) is 6.07 Å². The Morgan fingerprint density at radius 1 is 1.00 bits per heavy atom. The van der Waals surface area contributed by atoms with Gasteiger partial charge >= 0.3 is 5.97 Å². The maximum absolute atomic E-state index is 14.4. The molecule has 0 saturated carbocycles. The average molecular weight is 501 g/mol. The van der Waals surface area contributed by atoms with Gasteiger partial charge in [0.1, 0.15) is 5.82 Å². The SMILES string of the molecule is CCOC(=O)C(Cc1ccc(I)cc1F)N=C(c1ccccc1)c1ccccc1. The predicted molar refractivity (Wildman–Crippen MR) is 122 cm³/mol. The second-order valence-electron chi connectivity index (χ2n) is 6.42. The Hall–Kier alpha value is -2.54. The molecule has 0 N–H and O–H groups in total. The molecule has 0 bridgehead atoms. The zero-order valence-electron chi connectivity index (χ0n) is 16.0. The van der Waals surface area contributed by atoms with Crippen LogP contribution in [0.1, 0.15) is 23.6 Å². The number of carbonyl (C=O) groups is 1. The number of hydrogen-bond acceptors (Lipinski definition) is 3. The first-order chi connectivity index (χ1) is 14.1. The molecule has 0 heterocycles. The molecular weight excluding hydrogens is 480 g/mol. The summed E-state index contributed by atoms with van der Waals surface area (Å²) in [5, 5.41) is 0. The Morgan fingerprint density at radius 3 is 2.10 bits per heavy atom. The summed E-state index contributed by atoms with van der Waals surface area (Å²) in [6.07, 6.45) is 0.130. The fourth-order valence-electron chi connectivity index (χ4n) is 2.98. The van der Waals surface area contributed by atoms with E-state index in [2.05, 4.69) is 22.6 Å². The molecule has 0 aromatic heterocycles. The number of benzene rings is 3. The van der Waals surface area contributed by atoms with Gasteiger partial charge in [-0.25, -0.2) is 9.18 Å². The molecule has 3 aromatic carbocycles. The predicted octanol–water partition coefficient (Wildman–Crippen LogP) is 5.44. The molecular formula is C24H21FINO2. The number of esters is 1. The van der Waals surface area contributed by atoms with E-state index in [0.29, 0.717) is 11.3 Å². The lowest BCUT2D eigenvalue weighted by Crippen LogP contribution is -2.26. The molecule has 1 atom stereocenters. The number of rotatable bonds is 7. The quantitative estimate of drug-likeness (QED) is 0.246. The van der Waals surface area contributed by atoms with Gasteiger partial charge in [-0.05, 0) is 47.2 Å². The topological polar surface area (TPSA) is 38.7 Å². The monoisotopic (exact) mass is 501 g/mol. The van der Waals surface area contributed by atoms with Gasteiger partial charge in [-0.3, -0.25) is 4.99 Å². The molecule has 0 spiro atoms. The van der Waals surface area contributed by atoms with Crippen LogP contribution in [0.3, 0.4) is 0 Å². The van der Waals surface area contributed by atoms with Crippen molar-refractivity contribution in [3.05, 3.63) is 105 Å². The summed E-state index contributed by atoms with van der Waals surface area (Å²) in [6.45, 7) is 1.99. The number of hydrogen-bond donors (Lipinski definition) is 0. The second kappa shape index (κ2) is 10.3. The molecule has 148 valence electrons. The molecule has 29 heavy (non-hydrogen) atoms. The minimum Gasteiger partial charge on any atom is -0.464 e. The Kier molecular flexibility index (Phi) is 7.52. The number of aliphatic imine (C=N–C) groups is 1. The Bertz CT molecular complexity index is 949. The van der Waals surface area contributed by atoms with Crippen molar-refractivity contribution in [2.24, 2.45) is 4.99 Å². The van der Waals surface area contributed by atoms with Crippen molar-refractivity contribution in [2.45, 2.75) is 19.4 Å². The third kappa shape index (κ3) is 5.73. The maximum Gasteiger partial charge on any atom is 0.331 e. The van der Waals surface area contributed by atoms with Gasteiger partial charge in [0.2, 0.25) is 0 Å². The second-order valence-corrected chi connectivity index (χ2v) is 7.66. The van der Waals surface area contributed by atoms with Crippen molar-refractivity contribution in [3.63, 3.8) is 0 Å². The summed E-state index contributed by atoms with van der Waals surface area (Å²) < 4.78 is 20.5. The molecule has 1 unspecified atom stereocenters. The van der Waals surface area contributed by atoms with Crippen LogP contribution in [0.5, 0.6) is 0 Å². The minimum atomic E-state index is -0.847. The minimum absolute atomic E-state index is 0.130. The molecule has 3 nitrogen and oxygen atoms in total. The summed E-state index contributed by atoms with van der Waals surface area (Å²) in [7, 11) is 0. The zero-order valence-corrected chi connectivity index (χ0v) is 18.2. The van der Waals surface area contributed by atoms with Crippen LogP contribution in [-0.2, 0) is 16.0 Å². The average Bonchev–Trinajstić information content (AvgIpc) is 2.74. The largest absolute Gasteiger partial charge is 0.464 e. The molecule has 0 aliphatic rings. The van der Waals surface area contributed by atoms with Crippen LogP contribution in [-0.4, -0.2) is 24.3 Å². The first-order valence-electron chi connectivity index (χ1n) is 9.37. The number of halogens is 2. The van der Waals surface area contributed by atoms with Crippen molar-refractivity contribution in [2.75, 3.05) is 6.61 Å². The van der Waals surface area contributed by atoms with Gasteiger partial charge in [0, 0.05) is 21.1 Å². The first-order valence-corrected chi connectivity index (χ1v) is 10.5. The summed E-state index contributed by atoms with van der Waals surface area (Å²) >= 11 is 2.06. The van der Waals surface area contributed by atoms with Crippen molar-refractivity contribution >= 4 is 34.3 Å². The Morgan fingerprint density at radius 2 is 1.59 bits per heavy atom. The van der Waals surface area contributed by atoms with Crippen LogP contribution in [0, 0.1) is 9.39 Å². The van der Waals surface area contributed by atoms with Gasteiger partial charge in [0.05, 0.1) is 12.3 Å². The van der Waals surface area contributed by atoms with Crippen molar-refractivity contribution in [1.82, 2.24) is 0 Å². The fraction of sp³-hybridized carbons (Fsp3) is 0.167. The fourth-order valence-corrected chi connectivity index (χ4v) is 3.43. The highest BCUT2D eigenvalue weighted by Crippen LogP contribution is 2.18. The lowest BCUT2D eigenvalue weighted by Gasteiger charge is -2.16. The molecule has 0 aliphatic heterocycles. The van der Waals surface area contributed by atoms with Crippen LogP contribution in [0.2, 0.25) is 0 Å². The van der Waals surface area contributed by atoms with Gasteiger partial charge in [0.15, 0.2) is 6.04 Å². The third-order valence-corrected chi connectivity index (χ3v) is 5.04. The van der Waals surface area contributed by atoms with Crippen LogP contribution in [0.25, 0.3) is 0 Å². The van der Waals surface area contributed by atoms with Gasteiger partial charge < -0.3 is 4.74 Å². The molecule has 3 aromatic rings. The number of carbonyl (C=O) groups excluding carboxylic acids is 1. The van der Waals surface area contributed by atoms with Crippen LogP contribution in [0.4, 0.5) is 4.39 Å². The van der Waals surface area contributed by atoms with Crippen molar-refractivity contribution in [3.8, 4) is 0 Å². The molecule has 3 rings (SSSR count). The highest BCUT2D eigenvalue weighted by atomic mass is 127. The van der Waals surface area contributed by atoms with Crippen molar-refractivity contribution in [1.29, 1.82) is 0 Å². The molecule has 0 fully saturated rings. The highest BCUT2D eigenvalue weighted by Gasteiger charge is 2.23. The highest BCUT2D eigenvalue weighted by molar-refractivity contribution is 14.1. The number of nitrogens with zero attached hydrogens (tertiary/aromatic N) is 1. The van der Waals surface area contributed by atoms with E-state index in [0.717, 1.165) is 14.7 Å². The van der Waals surface area contributed by atoms with E-state index in [-0.39, 0.29) is 18.8 Å². The summed E-state index contributed by atoms with van der Waals surface area (Å²) in [5.41, 5.74) is 2.88. The van der Waals surface area contributed by atoms with E-state index in [1.54, 1.807) is 13.0 Å². The van der Waals surface area contributed by atoms with Crippen molar-refractivity contribution < 1.29 is 13.9 Å². The number of ether oxygens (including phenoxy) is 1. The van der Waals surface area contributed by atoms with Gasteiger partial charge in [-0.2, -0.15) is 0 Å². The third-order valence-electron chi connectivity index (χ3n) is 4.37. The lowest BCUT2D eigenvalue weighted by molar-refractivity contribution is -0.144. The summed E-state index contributed by atoms with van der Waals surface area (Å²) in [6, 6.07) is 23.4. The zero-order chi connectivity index (χ0) is 20.6. The normalized spacial score (nSPS) is 11.6. The van der Waals surface area contributed by atoms with E-state index < -0.39 is 12.0 Å². The Labute approximate surface area is 183 Å². The summed E-state index contributed by atoms with van der Waals surface area (Å²) in [5.74, 6) is -0.808.